The van der Waals surface area contributed by atoms with Crippen LogP contribution >= 0.6 is 11.8 Å². The van der Waals surface area contributed by atoms with E-state index < -0.39 is 29.6 Å². The Balaban J connectivity index is 1.44. The van der Waals surface area contributed by atoms with Gasteiger partial charge in [0.2, 0.25) is 5.91 Å². The zero-order valence-electron chi connectivity index (χ0n) is 19.5. The van der Waals surface area contributed by atoms with Gasteiger partial charge in [-0.2, -0.15) is 11.8 Å². The van der Waals surface area contributed by atoms with Gasteiger partial charge >= 0.3 is 12.1 Å². The van der Waals surface area contributed by atoms with E-state index in [1.54, 1.807) is 11.8 Å². The Morgan fingerprint density at radius 3 is 2.21 bits per heavy atom. The van der Waals surface area contributed by atoms with Crippen LogP contribution in [0.25, 0.3) is 11.1 Å². The van der Waals surface area contributed by atoms with Crippen molar-refractivity contribution in [1.29, 1.82) is 0 Å². The highest BCUT2D eigenvalue weighted by Gasteiger charge is 2.50. The zero-order valence-corrected chi connectivity index (χ0v) is 20.3. The average Bonchev–Trinajstić information content (AvgIpc) is 3.12. The van der Waals surface area contributed by atoms with Crippen molar-refractivity contribution in [3.05, 3.63) is 59.7 Å². The maximum absolute atomic E-state index is 13.2. The number of carboxylic acids is 1. The van der Waals surface area contributed by atoms with Gasteiger partial charge in [-0.15, -0.1) is 0 Å². The van der Waals surface area contributed by atoms with E-state index in [4.69, 9.17) is 4.74 Å². The minimum atomic E-state index is -1.18. The van der Waals surface area contributed by atoms with Gasteiger partial charge < -0.3 is 20.1 Å². The third-order valence-electron chi connectivity index (χ3n) is 7.10. The van der Waals surface area contributed by atoms with E-state index in [0.29, 0.717) is 25.0 Å². The zero-order chi connectivity index (χ0) is 24.3. The molecule has 0 aliphatic heterocycles. The summed E-state index contributed by atoms with van der Waals surface area (Å²) < 4.78 is 5.61. The predicted molar refractivity (Wildman–Crippen MR) is 132 cm³/mol. The van der Waals surface area contributed by atoms with Crippen molar-refractivity contribution in [1.82, 2.24) is 10.2 Å². The first-order valence-electron chi connectivity index (χ1n) is 11.5. The van der Waals surface area contributed by atoms with Gasteiger partial charge in [0.15, 0.2) is 0 Å². The van der Waals surface area contributed by atoms with E-state index in [-0.39, 0.29) is 12.5 Å². The molecule has 0 saturated heterocycles. The molecule has 34 heavy (non-hydrogen) atoms. The molecule has 2 aromatic carbocycles. The average molecular weight is 483 g/mol. The normalized spacial score (nSPS) is 16.5. The lowest BCUT2D eigenvalue weighted by Crippen LogP contribution is -2.63. The number of carboxylic acid groups (broad SMARTS) is 1. The number of likely N-dealkylation sites (N-methyl/N-ethyl adjacent to an activating group) is 1. The third kappa shape index (κ3) is 4.39. The van der Waals surface area contributed by atoms with Crippen molar-refractivity contribution in [3.63, 3.8) is 0 Å². The molecule has 4 rings (SSSR count). The first-order chi connectivity index (χ1) is 16.4. The number of ether oxygens (including phenoxy) is 1. The number of carbonyl (C=O) groups excluding carboxylic acids is 2. The maximum atomic E-state index is 13.2. The molecule has 1 saturated carbocycles. The Hall–Kier alpha value is -3.00. The van der Waals surface area contributed by atoms with Gasteiger partial charge in [-0.3, -0.25) is 4.79 Å². The highest BCUT2D eigenvalue weighted by Crippen LogP contribution is 2.44. The van der Waals surface area contributed by atoms with Crippen LogP contribution in [0.5, 0.6) is 0 Å². The van der Waals surface area contributed by atoms with Crippen molar-refractivity contribution in [3.8, 4) is 11.1 Å². The summed E-state index contributed by atoms with van der Waals surface area (Å²) >= 11 is 1.56. The molecule has 0 bridgehead atoms. The monoisotopic (exact) mass is 482 g/mol. The predicted octanol–water partition coefficient (Wildman–Crippen LogP) is 4.11. The number of fused-ring (bicyclic) bond motifs is 3. The van der Waals surface area contributed by atoms with Crippen LogP contribution in [0.4, 0.5) is 4.79 Å². The topological polar surface area (TPSA) is 95.9 Å². The highest BCUT2D eigenvalue weighted by molar-refractivity contribution is 7.98. The number of nitrogens with zero attached hydrogens (tertiary/aromatic N) is 1. The lowest BCUT2D eigenvalue weighted by molar-refractivity contribution is -0.165. The molecular weight excluding hydrogens is 452 g/mol. The standard InChI is InChI=1S/C26H30N2O5S/c1-28(26(24(30)31)13-7-14-26)23(29)22(12-15-34-2)27-25(32)33-16-21-19-10-5-3-8-17(19)18-9-4-6-11-20(18)21/h3-6,8-11,21-22H,7,12-16H2,1-2H3,(H,27,32)(H,30,31). The fraction of sp³-hybridized carbons (Fsp3) is 0.423. The SMILES string of the molecule is CSCCC(NC(=O)OCC1c2ccccc2-c2ccccc21)C(=O)N(C)C1(C(=O)O)CCC1. The summed E-state index contributed by atoms with van der Waals surface area (Å²) in [4.78, 5) is 39.1. The van der Waals surface area contributed by atoms with Gasteiger partial charge in [0, 0.05) is 13.0 Å². The van der Waals surface area contributed by atoms with Crippen LogP contribution in [0.15, 0.2) is 48.5 Å². The maximum Gasteiger partial charge on any atom is 0.407 e. The van der Waals surface area contributed by atoms with Crippen molar-refractivity contribution in [2.24, 2.45) is 0 Å². The molecule has 2 N–H and O–H groups in total. The second kappa shape index (κ2) is 10.1. The molecular formula is C26H30N2O5S. The molecule has 0 heterocycles. The molecule has 8 heteroatoms. The summed E-state index contributed by atoms with van der Waals surface area (Å²) in [5.74, 6) is -0.830. The van der Waals surface area contributed by atoms with E-state index in [1.165, 1.54) is 11.9 Å². The lowest BCUT2D eigenvalue weighted by Gasteiger charge is -2.45. The Bertz CT molecular complexity index is 1040. The van der Waals surface area contributed by atoms with Gasteiger partial charge in [0.25, 0.3) is 0 Å². The largest absolute Gasteiger partial charge is 0.479 e. The van der Waals surface area contributed by atoms with Crippen molar-refractivity contribution in [2.45, 2.75) is 43.2 Å². The fourth-order valence-corrected chi connectivity index (χ4v) is 5.40. The van der Waals surface area contributed by atoms with Crippen LogP contribution in [0.2, 0.25) is 0 Å². The van der Waals surface area contributed by atoms with Crippen LogP contribution in [0, 0.1) is 0 Å². The van der Waals surface area contributed by atoms with Crippen LogP contribution in [0.3, 0.4) is 0 Å². The number of nitrogens with one attached hydrogen (secondary N) is 1. The summed E-state index contributed by atoms with van der Waals surface area (Å²) in [5.41, 5.74) is 3.32. The second-order valence-corrected chi connectivity index (χ2v) is 9.88. The molecule has 2 aliphatic rings. The summed E-state index contributed by atoms with van der Waals surface area (Å²) in [6.45, 7) is 0.151. The van der Waals surface area contributed by atoms with E-state index in [2.05, 4.69) is 17.4 Å². The number of aliphatic carboxylic acids is 1. The van der Waals surface area contributed by atoms with Crippen molar-refractivity contribution in [2.75, 3.05) is 25.7 Å². The highest BCUT2D eigenvalue weighted by atomic mass is 32.2. The molecule has 0 spiro atoms. The molecule has 2 aliphatic carbocycles. The summed E-state index contributed by atoms with van der Waals surface area (Å²) in [7, 11) is 1.51. The van der Waals surface area contributed by atoms with Gasteiger partial charge in [0.05, 0.1) is 0 Å². The van der Waals surface area contributed by atoms with E-state index in [1.807, 2.05) is 42.7 Å². The van der Waals surface area contributed by atoms with Crippen LogP contribution in [-0.4, -0.2) is 65.2 Å². The number of rotatable bonds is 9. The minimum Gasteiger partial charge on any atom is -0.479 e. The number of thioether (sulfide) groups is 1. The first kappa shape index (κ1) is 24.1. The van der Waals surface area contributed by atoms with Crippen LogP contribution < -0.4 is 5.32 Å². The number of hydrogen-bond acceptors (Lipinski definition) is 5. The Kier molecular flexibility index (Phi) is 7.16. The molecule has 0 radical (unpaired) electrons. The summed E-state index contributed by atoms with van der Waals surface area (Å²) in [5, 5.41) is 12.4. The van der Waals surface area contributed by atoms with E-state index in [0.717, 1.165) is 28.7 Å². The van der Waals surface area contributed by atoms with Gasteiger partial charge in [-0.05, 0) is 59.9 Å². The number of benzene rings is 2. The number of amides is 2. The molecule has 2 aromatic rings. The Labute approximate surface area is 203 Å². The van der Waals surface area contributed by atoms with E-state index >= 15 is 0 Å². The third-order valence-corrected chi connectivity index (χ3v) is 7.74. The molecule has 1 unspecified atom stereocenters. The fourth-order valence-electron chi connectivity index (χ4n) is 4.92. The quantitative estimate of drug-likeness (QED) is 0.558. The molecule has 0 aromatic heterocycles. The molecule has 7 nitrogen and oxygen atoms in total. The molecule has 1 fully saturated rings. The Morgan fingerprint density at radius 1 is 1.12 bits per heavy atom. The lowest BCUT2D eigenvalue weighted by atomic mass is 9.75. The molecule has 2 amide bonds. The van der Waals surface area contributed by atoms with Crippen LogP contribution in [0.1, 0.15) is 42.7 Å². The van der Waals surface area contributed by atoms with Crippen molar-refractivity contribution < 1.29 is 24.2 Å². The molecule has 1 atom stereocenters. The summed E-state index contributed by atoms with van der Waals surface area (Å²) in [6.07, 6.45) is 3.25. The minimum absolute atomic E-state index is 0.0774. The molecule has 180 valence electrons. The van der Waals surface area contributed by atoms with Gasteiger partial charge in [-0.1, -0.05) is 48.5 Å². The van der Waals surface area contributed by atoms with Crippen LogP contribution in [-0.2, 0) is 14.3 Å². The van der Waals surface area contributed by atoms with Crippen molar-refractivity contribution >= 4 is 29.7 Å². The first-order valence-corrected chi connectivity index (χ1v) is 12.9. The Morgan fingerprint density at radius 2 is 1.71 bits per heavy atom. The van der Waals surface area contributed by atoms with E-state index in [9.17, 15) is 19.5 Å². The number of hydrogen-bond donors (Lipinski definition) is 2. The number of carbonyl (C=O) groups is 3. The number of alkyl carbamates (subject to hydrolysis) is 1. The van der Waals surface area contributed by atoms with Gasteiger partial charge in [-0.25, -0.2) is 9.59 Å². The smallest absolute Gasteiger partial charge is 0.407 e. The second-order valence-electron chi connectivity index (χ2n) is 8.89. The summed E-state index contributed by atoms with van der Waals surface area (Å²) in [6, 6.07) is 15.3. The van der Waals surface area contributed by atoms with Gasteiger partial charge in [0.1, 0.15) is 18.2 Å².